The summed E-state index contributed by atoms with van der Waals surface area (Å²) in [5.74, 6) is 0. The van der Waals surface area contributed by atoms with Gasteiger partial charge in [0.05, 0.1) is 22.8 Å². The predicted octanol–water partition coefficient (Wildman–Crippen LogP) is 10.6. The molecule has 222 valence electrons. The van der Waals surface area contributed by atoms with Gasteiger partial charge in [0.15, 0.2) is 0 Å². The smallest absolute Gasteiger partial charge is 0.0725 e. The summed E-state index contributed by atoms with van der Waals surface area (Å²) in [7, 11) is 0. The minimum absolute atomic E-state index is 0.934. The quantitative estimate of drug-likeness (QED) is 0.272. The summed E-state index contributed by atoms with van der Waals surface area (Å²) in [4.78, 5) is 18.6. The van der Waals surface area contributed by atoms with Gasteiger partial charge >= 0.3 is 0 Å². The molecule has 0 atom stereocenters. The van der Waals surface area contributed by atoms with Gasteiger partial charge < -0.3 is 9.97 Å². The van der Waals surface area contributed by atoms with Crippen molar-refractivity contribution in [2.75, 3.05) is 0 Å². The molecule has 0 amide bonds. The fraction of sp³-hybridized carbons (Fsp3) is 0.474. The van der Waals surface area contributed by atoms with E-state index in [0.717, 1.165) is 74.9 Å². The number of aromatic amines is 2. The SMILES string of the molecule is CCC1=C(CC)c2cc3[nH]c(cc4[nH]c(c(CC)c5nc(cc1n2)C(CC)=C5CC)c(CC)c4CC)c(CC)c3CC. The largest absolute Gasteiger partial charge is 0.355 e. The number of aryl methyl sites for hydroxylation is 5. The van der Waals surface area contributed by atoms with Crippen LogP contribution in [0, 0.1) is 0 Å². The summed E-state index contributed by atoms with van der Waals surface area (Å²) in [5.41, 5.74) is 21.9. The third-order valence-corrected chi connectivity index (χ3v) is 9.56. The van der Waals surface area contributed by atoms with Gasteiger partial charge in [-0.3, -0.25) is 0 Å². The van der Waals surface area contributed by atoms with Crippen LogP contribution in [0.25, 0.3) is 44.4 Å². The van der Waals surface area contributed by atoms with Crippen LogP contribution >= 0.6 is 0 Å². The van der Waals surface area contributed by atoms with Crippen LogP contribution in [-0.2, 0) is 32.1 Å². The Hall–Kier alpha value is -3.40. The van der Waals surface area contributed by atoms with Crippen LogP contribution in [0.15, 0.2) is 18.2 Å². The van der Waals surface area contributed by atoms with Crippen molar-refractivity contribution in [3.05, 3.63) is 68.8 Å². The van der Waals surface area contributed by atoms with E-state index in [1.807, 2.05) is 0 Å². The van der Waals surface area contributed by atoms with Gasteiger partial charge in [-0.25, -0.2) is 9.97 Å². The van der Waals surface area contributed by atoms with Crippen molar-refractivity contribution in [1.82, 2.24) is 19.9 Å². The van der Waals surface area contributed by atoms with Crippen LogP contribution in [-0.4, -0.2) is 19.9 Å². The molecule has 3 aromatic heterocycles. The topological polar surface area (TPSA) is 57.4 Å². The fourth-order valence-corrected chi connectivity index (χ4v) is 7.62. The monoisotopic (exact) mass is 562 g/mol. The van der Waals surface area contributed by atoms with E-state index < -0.39 is 0 Å². The van der Waals surface area contributed by atoms with Gasteiger partial charge in [0.25, 0.3) is 0 Å². The van der Waals surface area contributed by atoms with Gasteiger partial charge in [0.2, 0.25) is 0 Å². The maximum atomic E-state index is 5.45. The Kier molecular flexibility index (Phi) is 8.92. The Labute approximate surface area is 252 Å². The van der Waals surface area contributed by atoms with E-state index in [9.17, 15) is 0 Å². The Balaban J connectivity index is 2.09. The summed E-state index contributed by atoms with van der Waals surface area (Å²) < 4.78 is 0. The van der Waals surface area contributed by atoms with Crippen molar-refractivity contribution < 1.29 is 0 Å². The molecule has 42 heavy (non-hydrogen) atoms. The molecule has 0 saturated heterocycles. The molecule has 0 saturated carbocycles. The number of nitrogens with one attached hydrogen (secondary N) is 2. The lowest BCUT2D eigenvalue weighted by molar-refractivity contribution is 1.05. The number of H-pyrrole nitrogens is 2. The Morgan fingerprint density at radius 1 is 0.405 bits per heavy atom. The minimum Gasteiger partial charge on any atom is -0.355 e. The average Bonchev–Trinajstić information content (AvgIpc) is 3.72. The molecule has 0 spiro atoms. The number of hydrogen-bond donors (Lipinski definition) is 2. The molecule has 3 aromatic rings. The maximum absolute atomic E-state index is 5.45. The van der Waals surface area contributed by atoms with Crippen molar-refractivity contribution in [1.29, 1.82) is 0 Å². The molecule has 2 N–H and O–H groups in total. The third-order valence-electron chi connectivity index (χ3n) is 9.56. The van der Waals surface area contributed by atoms with Crippen LogP contribution in [0.3, 0.4) is 0 Å². The van der Waals surface area contributed by atoms with Crippen LogP contribution in [0.1, 0.15) is 139 Å². The third kappa shape index (κ3) is 4.77. The molecule has 4 heteroatoms. The number of hydrogen-bond acceptors (Lipinski definition) is 2. The van der Waals surface area contributed by atoms with Crippen molar-refractivity contribution in [3.8, 4) is 0 Å². The summed E-state index contributed by atoms with van der Waals surface area (Å²) in [5, 5.41) is 0. The zero-order chi connectivity index (χ0) is 30.1. The molecule has 5 heterocycles. The van der Waals surface area contributed by atoms with Gasteiger partial charge in [-0.15, -0.1) is 0 Å². The van der Waals surface area contributed by atoms with Crippen LogP contribution in [0.4, 0.5) is 0 Å². The van der Waals surface area contributed by atoms with E-state index in [1.165, 1.54) is 77.9 Å². The molecule has 8 bridgehead atoms. The first-order valence-electron chi connectivity index (χ1n) is 16.7. The average molecular weight is 563 g/mol. The fourth-order valence-electron chi connectivity index (χ4n) is 7.62. The maximum Gasteiger partial charge on any atom is 0.0725 e. The highest BCUT2D eigenvalue weighted by atomic mass is 14.8. The van der Waals surface area contributed by atoms with Gasteiger partial charge in [-0.05, 0) is 121 Å². The first kappa shape index (κ1) is 30.1. The molecule has 4 nitrogen and oxygen atoms in total. The first-order chi connectivity index (χ1) is 20.4. The first-order valence-corrected chi connectivity index (χ1v) is 16.7. The number of nitrogens with zero attached hydrogens (tertiary/aromatic N) is 2. The molecule has 5 rings (SSSR count). The van der Waals surface area contributed by atoms with Gasteiger partial charge in [0, 0.05) is 27.6 Å². The van der Waals surface area contributed by atoms with Crippen LogP contribution in [0.5, 0.6) is 0 Å². The van der Waals surface area contributed by atoms with Crippen molar-refractivity contribution in [2.24, 2.45) is 0 Å². The van der Waals surface area contributed by atoms with E-state index in [2.05, 4.69) is 90.5 Å². The lowest BCUT2D eigenvalue weighted by atomic mass is 9.95. The van der Waals surface area contributed by atoms with Crippen LogP contribution < -0.4 is 0 Å². The number of fused-ring (bicyclic) bond motifs is 8. The summed E-state index contributed by atoms with van der Waals surface area (Å²) >= 11 is 0. The molecular formula is C38H50N4. The van der Waals surface area contributed by atoms with E-state index in [-0.39, 0.29) is 0 Å². The normalized spacial score (nSPS) is 13.5. The van der Waals surface area contributed by atoms with E-state index in [1.54, 1.807) is 0 Å². The minimum atomic E-state index is 0.934. The van der Waals surface area contributed by atoms with Gasteiger partial charge in [0.1, 0.15) is 0 Å². The lowest BCUT2D eigenvalue weighted by Gasteiger charge is -2.08. The Bertz CT molecular complexity index is 1740. The highest BCUT2D eigenvalue weighted by Gasteiger charge is 2.24. The molecule has 0 radical (unpaired) electrons. The van der Waals surface area contributed by atoms with E-state index in [0.29, 0.717) is 0 Å². The lowest BCUT2D eigenvalue weighted by Crippen LogP contribution is -1.94. The van der Waals surface area contributed by atoms with E-state index in [4.69, 9.17) is 9.97 Å². The van der Waals surface area contributed by atoms with Crippen LogP contribution in [0.2, 0.25) is 0 Å². The van der Waals surface area contributed by atoms with Crippen molar-refractivity contribution in [2.45, 2.75) is 120 Å². The van der Waals surface area contributed by atoms with E-state index >= 15 is 0 Å². The zero-order valence-corrected chi connectivity index (χ0v) is 27.5. The number of allylic oxidation sites excluding steroid dienone is 4. The molecule has 0 unspecified atom stereocenters. The number of rotatable bonds is 9. The van der Waals surface area contributed by atoms with Crippen molar-refractivity contribution in [3.63, 3.8) is 0 Å². The van der Waals surface area contributed by atoms with Gasteiger partial charge in [-0.1, -0.05) is 62.3 Å². The zero-order valence-electron chi connectivity index (χ0n) is 27.5. The summed E-state index contributed by atoms with van der Waals surface area (Å²) in [6.45, 7) is 20.5. The van der Waals surface area contributed by atoms with Gasteiger partial charge in [-0.2, -0.15) is 0 Å². The molecular weight excluding hydrogens is 512 g/mol. The molecule has 0 aliphatic carbocycles. The number of aromatic nitrogens is 4. The predicted molar refractivity (Wildman–Crippen MR) is 183 cm³/mol. The highest BCUT2D eigenvalue weighted by molar-refractivity contribution is 5.97. The second kappa shape index (κ2) is 12.5. The second-order valence-corrected chi connectivity index (χ2v) is 11.5. The summed E-state index contributed by atoms with van der Waals surface area (Å²) in [6.07, 6.45) is 8.80. The Morgan fingerprint density at radius 2 is 0.833 bits per heavy atom. The Morgan fingerprint density at radius 3 is 1.36 bits per heavy atom. The molecule has 0 aromatic carbocycles. The standard InChI is InChI=1S/C38H50N4/c1-10-22-24(12-3)33-20-35-26(14-5)28(16-7)37(41-35)30(18-9)38-29(17-8)27(15-6)36(42-38)21-34-25(13-4)23(11-2)32(40-34)19-31(22)39-33/h19-21,39,41H,10-18H2,1-9H3. The molecule has 2 aliphatic rings. The highest BCUT2D eigenvalue weighted by Crippen LogP contribution is 2.40. The molecule has 2 aliphatic heterocycles. The molecule has 0 fully saturated rings. The summed E-state index contributed by atoms with van der Waals surface area (Å²) in [6, 6.07) is 6.99. The second-order valence-electron chi connectivity index (χ2n) is 11.5. The van der Waals surface area contributed by atoms with Crippen molar-refractivity contribution >= 4 is 44.4 Å².